The van der Waals surface area contributed by atoms with E-state index in [0.717, 1.165) is 33.9 Å². The average molecular weight is 674 g/mol. The second kappa shape index (κ2) is 16.4. The molecule has 1 aromatic heterocycles. The Kier molecular flexibility index (Phi) is 13.1. The van der Waals surface area contributed by atoms with Crippen LogP contribution in [0.2, 0.25) is 0 Å². The smallest absolute Gasteiger partial charge is 0.416 e. The van der Waals surface area contributed by atoms with Crippen molar-refractivity contribution < 1.29 is 31.9 Å². The number of aryl methyl sites for hydroxylation is 3. The number of hydrogen-bond donors (Lipinski definition) is 1. The maximum atomic E-state index is 16.0. The van der Waals surface area contributed by atoms with Crippen LogP contribution < -0.4 is 10.9 Å². The number of carbonyl (C=O) groups excluding carboxylic acids is 2. The molecule has 2 aromatic carbocycles. The highest BCUT2D eigenvalue weighted by molar-refractivity contribution is 5.82. The van der Waals surface area contributed by atoms with Crippen LogP contribution in [0, 0.1) is 25.6 Å². The van der Waals surface area contributed by atoms with E-state index < -0.39 is 53.5 Å². The lowest BCUT2D eigenvalue weighted by molar-refractivity contribution is -0.144. The predicted octanol–water partition coefficient (Wildman–Crippen LogP) is 7.35. The van der Waals surface area contributed by atoms with Crippen molar-refractivity contribution in [1.29, 1.82) is 0 Å². The summed E-state index contributed by atoms with van der Waals surface area (Å²) in [5.41, 5.74) is 1.85. The quantitative estimate of drug-likeness (QED) is 0.143. The van der Waals surface area contributed by atoms with Gasteiger partial charge in [0.25, 0.3) is 5.56 Å². The Morgan fingerprint density at radius 2 is 1.71 bits per heavy atom. The molecule has 0 spiro atoms. The topological polar surface area (TPSA) is 80.6 Å². The second-order valence-electron chi connectivity index (χ2n) is 12.9. The second-order valence-corrected chi connectivity index (χ2v) is 12.9. The molecule has 1 amide bonds. The van der Waals surface area contributed by atoms with Gasteiger partial charge in [-0.3, -0.25) is 14.4 Å². The highest BCUT2D eigenvalue weighted by Crippen LogP contribution is 2.35. The molecule has 3 rings (SSSR count). The first-order valence-electron chi connectivity index (χ1n) is 16.3. The minimum atomic E-state index is -4.77. The maximum absolute atomic E-state index is 16.0. The van der Waals surface area contributed by atoms with Crippen molar-refractivity contribution in [1.82, 2.24) is 14.8 Å². The Hall–Kier alpha value is -3.99. The fraction of sp³-hybridized carbons (Fsp3) is 0.486. The number of alkyl halides is 3. The Morgan fingerprint density at radius 1 is 1.02 bits per heavy atom. The number of halogens is 4. The summed E-state index contributed by atoms with van der Waals surface area (Å²) in [5, 5.41) is 2.79. The van der Waals surface area contributed by atoms with Crippen LogP contribution in [-0.4, -0.2) is 48.6 Å². The van der Waals surface area contributed by atoms with E-state index >= 15 is 4.39 Å². The molecule has 11 heteroatoms. The number of rotatable bonds is 14. The molecule has 0 aliphatic carbocycles. The number of aromatic nitrogens is 1. The molecule has 48 heavy (non-hydrogen) atoms. The molecule has 0 saturated heterocycles. The summed E-state index contributed by atoms with van der Waals surface area (Å²) in [6, 6.07) is 7.33. The van der Waals surface area contributed by atoms with Crippen LogP contribution in [0.1, 0.15) is 86.0 Å². The van der Waals surface area contributed by atoms with E-state index in [9.17, 15) is 27.6 Å². The third-order valence-electron chi connectivity index (χ3n) is 8.31. The molecule has 0 aliphatic heterocycles. The van der Waals surface area contributed by atoms with Gasteiger partial charge in [-0.25, -0.2) is 4.39 Å². The fourth-order valence-corrected chi connectivity index (χ4v) is 5.96. The Labute approximate surface area is 280 Å². The SMILES string of the molecule is CCOC(=O)C[C@H](NC(=O)C(CC(C)C)n1cc(CCN(C)C)c(C(F)(F)F)cc1=O)c1cc(-c2c(C)cccc2CC)cc(C)c1F. The lowest BCUT2D eigenvalue weighted by Crippen LogP contribution is -2.41. The predicted molar refractivity (Wildman–Crippen MR) is 179 cm³/mol. The van der Waals surface area contributed by atoms with Crippen molar-refractivity contribution in [2.24, 2.45) is 5.92 Å². The molecule has 0 saturated carbocycles. The van der Waals surface area contributed by atoms with Crippen molar-refractivity contribution in [3.63, 3.8) is 0 Å². The summed E-state index contributed by atoms with van der Waals surface area (Å²) >= 11 is 0. The van der Waals surface area contributed by atoms with Crippen molar-refractivity contribution in [2.75, 3.05) is 27.2 Å². The van der Waals surface area contributed by atoms with Gasteiger partial charge in [-0.15, -0.1) is 0 Å². The standard InChI is InChI=1S/C37H47F4N3O4/c1-9-25-13-11-12-23(5)34(25)27-17-24(6)35(38)28(18-27)30(20-33(46)48-10-2)42-36(47)31(16-22(3)4)44-21-26(14-15-43(7)8)29(19-32(44)45)37(39,40)41/h11-13,17-19,21-22,30-31H,9-10,14-16,20H2,1-8H3,(H,42,47)/t30-,31?/m0/s1. The molecule has 1 N–H and O–H groups in total. The van der Waals surface area contributed by atoms with Gasteiger partial charge in [0.1, 0.15) is 11.9 Å². The zero-order chi connectivity index (χ0) is 35.9. The number of pyridine rings is 1. The highest BCUT2D eigenvalue weighted by atomic mass is 19.4. The number of ether oxygens (including phenoxy) is 1. The van der Waals surface area contributed by atoms with Gasteiger partial charge in [0.05, 0.1) is 24.6 Å². The van der Waals surface area contributed by atoms with Crippen LogP contribution in [0.4, 0.5) is 17.6 Å². The lowest BCUT2D eigenvalue weighted by Gasteiger charge is -2.27. The molecular formula is C37H47F4N3O4. The van der Waals surface area contributed by atoms with Crippen LogP contribution in [0.15, 0.2) is 47.4 Å². The highest BCUT2D eigenvalue weighted by Gasteiger charge is 2.36. The first kappa shape index (κ1) is 38.5. The molecule has 0 bridgehead atoms. The molecule has 0 fully saturated rings. The number of benzene rings is 2. The summed E-state index contributed by atoms with van der Waals surface area (Å²) in [7, 11) is 3.44. The van der Waals surface area contributed by atoms with E-state index in [4.69, 9.17) is 4.74 Å². The minimum Gasteiger partial charge on any atom is -0.466 e. The lowest BCUT2D eigenvalue weighted by atomic mass is 9.89. The van der Waals surface area contributed by atoms with Gasteiger partial charge < -0.3 is 19.5 Å². The number of likely N-dealkylation sites (N-methyl/N-ethyl adjacent to an activating group) is 1. The minimum absolute atomic E-state index is 0.0143. The van der Waals surface area contributed by atoms with Crippen LogP contribution >= 0.6 is 0 Å². The van der Waals surface area contributed by atoms with Gasteiger partial charge in [-0.2, -0.15) is 13.2 Å². The molecule has 1 heterocycles. The summed E-state index contributed by atoms with van der Waals surface area (Å²) in [4.78, 5) is 41.9. The molecule has 7 nitrogen and oxygen atoms in total. The molecular weight excluding hydrogens is 626 g/mol. The Bertz CT molecular complexity index is 1660. The normalized spacial score (nSPS) is 13.1. The number of amides is 1. The van der Waals surface area contributed by atoms with Gasteiger partial charge in [0.2, 0.25) is 5.91 Å². The van der Waals surface area contributed by atoms with E-state index in [1.165, 1.54) is 0 Å². The van der Waals surface area contributed by atoms with E-state index in [-0.39, 0.29) is 43.0 Å². The van der Waals surface area contributed by atoms with E-state index in [0.29, 0.717) is 17.2 Å². The zero-order valence-electron chi connectivity index (χ0n) is 29.1. The third-order valence-corrected chi connectivity index (χ3v) is 8.31. The molecule has 0 aliphatic rings. The van der Waals surface area contributed by atoms with Crippen molar-refractivity contribution in [3.8, 4) is 11.1 Å². The summed E-state index contributed by atoms with van der Waals surface area (Å²) in [6.45, 7) is 11.2. The van der Waals surface area contributed by atoms with Crippen LogP contribution in [0.5, 0.6) is 0 Å². The molecule has 1 unspecified atom stereocenters. The molecule has 262 valence electrons. The van der Waals surface area contributed by atoms with Gasteiger partial charge in [0, 0.05) is 24.4 Å². The first-order valence-corrected chi connectivity index (χ1v) is 16.3. The largest absolute Gasteiger partial charge is 0.466 e. The van der Waals surface area contributed by atoms with Crippen LogP contribution in [-0.2, 0) is 33.3 Å². The monoisotopic (exact) mass is 673 g/mol. The van der Waals surface area contributed by atoms with Crippen molar-refractivity contribution in [3.05, 3.63) is 92.1 Å². The van der Waals surface area contributed by atoms with Crippen molar-refractivity contribution >= 4 is 11.9 Å². The Balaban J connectivity index is 2.18. The number of nitrogens with zero attached hydrogens (tertiary/aromatic N) is 2. The molecule has 0 radical (unpaired) electrons. The van der Waals surface area contributed by atoms with Gasteiger partial charge >= 0.3 is 12.1 Å². The van der Waals surface area contributed by atoms with E-state index in [2.05, 4.69) is 5.32 Å². The maximum Gasteiger partial charge on any atom is 0.416 e. The summed E-state index contributed by atoms with van der Waals surface area (Å²) in [5.74, 6) is -2.17. The van der Waals surface area contributed by atoms with Crippen LogP contribution in [0.3, 0.4) is 0 Å². The third kappa shape index (κ3) is 9.55. The van der Waals surface area contributed by atoms with Gasteiger partial charge in [0.15, 0.2) is 0 Å². The number of nitrogens with one attached hydrogen (secondary N) is 1. The summed E-state index contributed by atoms with van der Waals surface area (Å²) in [6.07, 6.45) is -3.26. The Morgan fingerprint density at radius 3 is 2.29 bits per heavy atom. The molecule has 3 aromatic rings. The van der Waals surface area contributed by atoms with Gasteiger partial charge in [-0.1, -0.05) is 39.0 Å². The van der Waals surface area contributed by atoms with Crippen LogP contribution in [0.25, 0.3) is 11.1 Å². The number of esters is 1. The summed E-state index contributed by atoms with van der Waals surface area (Å²) < 4.78 is 64.1. The van der Waals surface area contributed by atoms with Gasteiger partial charge in [-0.05, 0) is 106 Å². The van der Waals surface area contributed by atoms with E-state index in [1.54, 1.807) is 45.0 Å². The van der Waals surface area contributed by atoms with Crippen molar-refractivity contribution in [2.45, 2.75) is 85.5 Å². The molecule has 2 atom stereocenters. The number of hydrogen-bond acceptors (Lipinski definition) is 5. The average Bonchev–Trinajstić information content (AvgIpc) is 2.99. The number of carbonyl (C=O) groups is 2. The fourth-order valence-electron chi connectivity index (χ4n) is 5.96. The first-order chi connectivity index (χ1) is 22.5. The zero-order valence-corrected chi connectivity index (χ0v) is 29.1. The van der Waals surface area contributed by atoms with E-state index in [1.807, 2.05) is 45.9 Å².